The molecule has 2 aromatic rings. The molecule has 0 saturated heterocycles. The van der Waals surface area contributed by atoms with Gasteiger partial charge in [-0.3, -0.25) is 0 Å². The molecular formula is C14H17FeNO2-6. The van der Waals surface area contributed by atoms with Crippen LogP contribution in [0.1, 0.15) is 6.92 Å². The first-order valence-electron chi connectivity index (χ1n) is 5.39. The Kier molecular flexibility index (Phi) is 7.84. The molecule has 0 aliphatic rings. The molecule has 0 heterocycles. The van der Waals surface area contributed by atoms with Crippen molar-refractivity contribution >= 4 is 11.7 Å². The maximum atomic E-state index is 10.6. The van der Waals surface area contributed by atoms with Crippen molar-refractivity contribution < 1.29 is 26.6 Å². The first kappa shape index (κ1) is 16.5. The van der Waals surface area contributed by atoms with Crippen LogP contribution in [-0.4, -0.2) is 20.1 Å². The summed E-state index contributed by atoms with van der Waals surface area (Å²) < 4.78 is 4.97. The maximum Gasteiger partial charge on any atom is 0.230 e. The zero-order chi connectivity index (χ0) is 12.7. The van der Waals surface area contributed by atoms with E-state index in [1.54, 1.807) is 6.07 Å². The molecule has 18 heavy (non-hydrogen) atoms. The van der Waals surface area contributed by atoms with Crippen LogP contribution in [0.2, 0.25) is 0 Å². The standard InChI is InChI=1S/C9H12NO2.C5H5.Fe/c1-7(11)12-9-6-4-5-8(9)10(2)3;1-2-4-5-3-1;/h4-6H,1-3H3;1-5H;/q-1;-5;. The van der Waals surface area contributed by atoms with E-state index in [2.05, 4.69) is 0 Å². The summed E-state index contributed by atoms with van der Waals surface area (Å²) in [5, 5.41) is 0. The molecule has 0 spiro atoms. The van der Waals surface area contributed by atoms with Gasteiger partial charge in [0.1, 0.15) is 0 Å². The fourth-order valence-corrected chi connectivity index (χ4v) is 1.33. The molecule has 0 bridgehead atoms. The topological polar surface area (TPSA) is 29.5 Å². The molecule has 0 atom stereocenters. The molecule has 0 aliphatic heterocycles. The van der Waals surface area contributed by atoms with Gasteiger partial charge >= 0.3 is 0 Å². The number of carbonyl (C=O) groups excluding carboxylic acids is 1. The molecule has 0 radical (unpaired) electrons. The van der Waals surface area contributed by atoms with Crippen LogP contribution in [0.25, 0.3) is 0 Å². The van der Waals surface area contributed by atoms with E-state index in [0.29, 0.717) is 5.75 Å². The average Bonchev–Trinajstić information content (AvgIpc) is 2.88. The number of anilines is 1. The summed E-state index contributed by atoms with van der Waals surface area (Å²) in [5.41, 5.74) is 0.921. The zero-order valence-corrected chi connectivity index (χ0v) is 11.8. The summed E-state index contributed by atoms with van der Waals surface area (Å²) in [6.45, 7) is 1.40. The summed E-state index contributed by atoms with van der Waals surface area (Å²) >= 11 is 0. The quantitative estimate of drug-likeness (QED) is 0.483. The van der Waals surface area contributed by atoms with Crippen molar-refractivity contribution in [3.63, 3.8) is 0 Å². The Morgan fingerprint density at radius 1 is 1.22 bits per heavy atom. The van der Waals surface area contributed by atoms with Gasteiger partial charge in [0.25, 0.3) is 0 Å². The summed E-state index contributed by atoms with van der Waals surface area (Å²) in [6.07, 6.45) is 0. The first-order valence-corrected chi connectivity index (χ1v) is 5.39. The Morgan fingerprint density at radius 3 is 2.11 bits per heavy atom. The predicted octanol–water partition coefficient (Wildman–Crippen LogP) is 2.80. The minimum absolute atomic E-state index is 0. The third-order valence-corrected chi connectivity index (χ3v) is 2.05. The van der Waals surface area contributed by atoms with Crippen molar-refractivity contribution in [3.05, 3.63) is 48.5 Å². The van der Waals surface area contributed by atoms with Gasteiger partial charge in [0.15, 0.2) is 0 Å². The normalized spacial score (nSPS) is 8.61. The first-order chi connectivity index (χ1) is 8.11. The van der Waals surface area contributed by atoms with E-state index in [4.69, 9.17) is 4.74 Å². The number of carbonyl (C=O) groups is 1. The van der Waals surface area contributed by atoms with E-state index < -0.39 is 0 Å². The Hall–Kier alpha value is -1.51. The molecule has 0 fully saturated rings. The van der Waals surface area contributed by atoms with Gasteiger partial charge in [0, 0.05) is 31.2 Å². The van der Waals surface area contributed by atoms with E-state index in [0.717, 1.165) is 5.69 Å². The van der Waals surface area contributed by atoms with Gasteiger partial charge in [-0.2, -0.15) is 6.07 Å². The molecule has 0 unspecified atom stereocenters. The zero-order valence-electron chi connectivity index (χ0n) is 10.7. The third-order valence-electron chi connectivity index (χ3n) is 2.05. The molecular weight excluding hydrogens is 270 g/mol. The van der Waals surface area contributed by atoms with Gasteiger partial charge in [0.05, 0.1) is 5.75 Å². The van der Waals surface area contributed by atoms with Crippen LogP contribution in [0.15, 0.2) is 48.5 Å². The Bertz CT molecular complexity index is 415. The van der Waals surface area contributed by atoms with Crippen LogP contribution in [0.5, 0.6) is 5.75 Å². The van der Waals surface area contributed by atoms with E-state index >= 15 is 0 Å². The van der Waals surface area contributed by atoms with Crippen molar-refractivity contribution in [2.24, 2.45) is 0 Å². The second-order valence-corrected chi connectivity index (χ2v) is 3.73. The van der Waals surface area contributed by atoms with Crippen LogP contribution < -0.4 is 9.64 Å². The van der Waals surface area contributed by atoms with Gasteiger partial charge in [-0.05, 0) is 12.6 Å². The largest absolute Gasteiger partial charge is 0.748 e. The molecule has 2 rings (SSSR count). The molecule has 3 nitrogen and oxygen atoms in total. The predicted molar refractivity (Wildman–Crippen MR) is 69.7 cm³/mol. The van der Waals surface area contributed by atoms with Crippen molar-refractivity contribution in [2.45, 2.75) is 6.92 Å². The van der Waals surface area contributed by atoms with Gasteiger partial charge in [-0.25, -0.2) is 0 Å². The smallest absolute Gasteiger partial charge is 0.230 e. The van der Waals surface area contributed by atoms with Gasteiger partial charge in [-0.1, -0.05) is 0 Å². The minimum atomic E-state index is -0.288. The monoisotopic (exact) mass is 287 g/mol. The number of rotatable bonds is 2. The van der Waals surface area contributed by atoms with E-state index in [1.165, 1.54) is 6.92 Å². The third kappa shape index (κ3) is 5.71. The Balaban J connectivity index is 0.000000405. The molecule has 0 aliphatic carbocycles. The van der Waals surface area contributed by atoms with Crippen molar-refractivity contribution in [2.75, 3.05) is 19.0 Å². The number of ether oxygens (including phenoxy) is 1. The van der Waals surface area contributed by atoms with Crippen molar-refractivity contribution in [1.29, 1.82) is 0 Å². The summed E-state index contributed by atoms with van der Waals surface area (Å²) in [4.78, 5) is 12.5. The Morgan fingerprint density at radius 2 is 1.72 bits per heavy atom. The van der Waals surface area contributed by atoms with E-state index in [9.17, 15) is 4.79 Å². The van der Waals surface area contributed by atoms with E-state index in [1.807, 2.05) is 61.5 Å². The molecule has 104 valence electrons. The SMILES string of the molecule is CC(=O)O[c-]1cccc1N(C)C.[Fe].[cH-]1[cH-][cH-][cH-][cH-]1. The molecule has 4 heteroatoms. The second kappa shape index (κ2) is 8.56. The van der Waals surface area contributed by atoms with Gasteiger partial charge < -0.3 is 44.8 Å². The van der Waals surface area contributed by atoms with E-state index in [-0.39, 0.29) is 23.0 Å². The van der Waals surface area contributed by atoms with Gasteiger partial charge in [-0.15, -0.1) is 12.1 Å². The fourth-order valence-electron chi connectivity index (χ4n) is 1.33. The summed E-state index contributed by atoms with van der Waals surface area (Å²) in [7, 11) is 3.81. The Labute approximate surface area is 119 Å². The second-order valence-electron chi connectivity index (χ2n) is 3.73. The van der Waals surface area contributed by atoms with Gasteiger partial charge in [0.2, 0.25) is 5.97 Å². The fraction of sp³-hybridized carbons (Fsp3) is 0.214. The number of hydrogen-bond acceptors (Lipinski definition) is 3. The average molecular weight is 287 g/mol. The van der Waals surface area contributed by atoms with Crippen LogP contribution >= 0.6 is 0 Å². The molecule has 0 saturated carbocycles. The van der Waals surface area contributed by atoms with Crippen molar-refractivity contribution in [1.82, 2.24) is 0 Å². The molecule has 2 aromatic carbocycles. The van der Waals surface area contributed by atoms with Crippen LogP contribution in [0, 0.1) is 0 Å². The number of esters is 1. The summed E-state index contributed by atoms with van der Waals surface area (Å²) in [5.74, 6) is 0.330. The van der Waals surface area contributed by atoms with Crippen LogP contribution in [0.3, 0.4) is 0 Å². The molecule has 0 aromatic heterocycles. The number of hydrogen-bond donors (Lipinski definition) is 0. The molecule has 0 amide bonds. The van der Waals surface area contributed by atoms with Crippen LogP contribution in [0.4, 0.5) is 5.69 Å². The maximum absolute atomic E-state index is 10.6. The van der Waals surface area contributed by atoms with Crippen LogP contribution in [-0.2, 0) is 21.9 Å². The summed E-state index contributed by atoms with van der Waals surface area (Å²) in [6, 6.07) is 15.5. The van der Waals surface area contributed by atoms with Crippen molar-refractivity contribution in [3.8, 4) is 5.75 Å². The number of nitrogens with zero attached hydrogens (tertiary/aromatic N) is 1. The minimum Gasteiger partial charge on any atom is -0.748 e. The molecule has 0 N–H and O–H groups in total.